The number of piperazine rings is 1. The predicted octanol–water partition coefficient (Wildman–Crippen LogP) is 0.0543. The van der Waals surface area contributed by atoms with Crippen molar-refractivity contribution in [1.82, 2.24) is 14.9 Å². The fourth-order valence-corrected chi connectivity index (χ4v) is 2.29. The summed E-state index contributed by atoms with van der Waals surface area (Å²) in [6, 6.07) is 2.42. The molecule has 5 heteroatoms. The molecule has 0 atom stereocenters. The van der Waals surface area contributed by atoms with Crippen LogP contribution in [-0.4, -0.2) is 47.1 Å². The van der Waals surface area contributed by atoms with E-state index in [2.05, 4.69) is 19.8 Å². The number of anilines is 1. The Morgan fingerprint density at radius 1 is 1.25 bits per heavy atom. The van der Waals surface area contributed by atoms with E-state index in [-0.39, 0.29) is 5.56 Å². The first-order chi connectivity index (χ1) is 7.83. The van der Waals surface area contributed by atoms with E-state index in [0.29, 0.717) is 0 Å². The fourth-order valence-electron chi connectivity index (χ4n) is 2.29. The fraction of sp³-hybridized carbons (Fsp3) is 0.636. The van der Waals surface area contributed by atoms with Crippen LogP contribution in [0.2, 0.25) is 0 Å². The van der Waals surface area contributed by atoms with Gasteiger partial charge in [0.15, 0.2) is 0 Å². The van der Waals surface area contributed by atoms with Crippen molar-refractivity contribution in [3.8, 4) is 0 Å². The maximum atomic E-state index is 11.2. The summed E-state index contributed by atoms with van der Waals surface area (Å²) in [5.74, 6) is 0.805. The van der Waals surface area contributed by atoms with Crippen molar-refractivity contribution in [3.05, 3.63) is 22.7 Å². The largest absolute Gasteiger partial charge is 0.354 e. The minimum atomic E-state index is -0.0744. The van der Waals surface area contributed by atoms with Crippen molar-refractivity contribution >= 4 is 5.82 Å². The molecule has 2 heterocycles. The van der Waals surface area contributed by atoms with E-state index in [4.69, 9.17) is 0 Å². The Morgan fingerprint density at radius 3 is 2.62 bits per heavy atom. The van der Waals surface area contributed by atoms with E-state index in [1.807, 2.05) is 0 Å². The van der Waals surface area contributed by atoms with Crippen LogP contribution in [0.4, 0.5) is 5.82 Å². The van der Waals surface area contributed by atoms with Gasteiger partial charge in [0.25, 0.3) is 5.56 Å². The first-order valence-electron chi connectivity index (χ1n) is 5.87. The van der Waals surface area contributed by atoms with Gasteiger partial charge < -0.3 is 9.88 Å². The SMILES string of the molecule is O=c1cc(N2CCN(C3CC3)CC2)nc[nH]1. The minimum absolute atomic E-state index is 0.0744. The van der Waals surface area contributed by atoms with Gasteiger partial charge in [-0.25, -0.2) is 4.98 Å². The van der Waals surface area contributed by atoms with E-state index < -0.39 is 0 Å². The quantitative estimate of drug-likeness (QED) is 0.765. The predicted molar refractivity (Wildman–Crippen MR) is 61.7 cm³/mol. The molecule has 1 aliphatic heterocycles. The van der Waals surface area contributed by atoms with Crippen LogP contribution in [0.3, 0.4) is 0 Å². The lowest BCUT2D eigenvalue weighted by molar-refractivity contribution is 0.247. The molecular weight excluding hydrogens is 204 g/mol. The molecular formula is C11H16N4O. The highest BCUT2D eigenvalue weighted by molar-refractivity contribution is 5.37. The van der Waals surface area contributed by atoms with E-state index in [0.717, 1.165) is 38.0 Å². The lowest BCUT2D eigenvalue weighted by atomic mass is 10.3. The summed E-state index contributed by atoms with van der Waals surface area (Å²) in [5.41, 5.74) is -0.0744. The molecule has 5 nitrogen and oxygen atoms in total. The summed E-state index contributed by atoms with van der Waals surface area (Å²) >= 11 is 0. The molecule has 0 amide bonds. The molecule has 1 saturated heterocycles. The van der Waals surface area contributed by atoms with Gasteiger partial charge in [0, 0.05) is 38.3 Å². The van der Waals surface area contributed by atoms with Crippen molar-refractivity contribution in [2.45, 2.75) is 18.9 Å². The smallest absolute Gasteiger partial charge is 0.252 e. The second-order valence-corrected chi connectivity index (χ2v) is 4.52. The van der Waals surface area contributed by atoms with E-state index in [9.17, 15) is 4.79 Å². The topological polar surface area (TPSA) is 52.2 Å². The highest BCUT2D eigenvalue weighted by Gasteiger charge is 2.31. The third-order valence-electron chi connectivity index (χ3n) is 3.37. The molecule has 86 valence electrons. The normalized spacial score (nSPS) is 22.4. The van der Waals surface area contributed by atoms with E-state index >= 15 is 0 Å². The zero-order valence-electron chi connectivity index (χ0n) is 9.22. The van der Waals surface area contributed by atoms with Crippen LogP contribution in [0.15, 0.2) is 17.2 Å². The molecule has 1 aromatic heterocycles. The molecule has 2 fully saturated rings. The number of hydrogen-bond donors (Lipinski definition) is 1. The molecule has 0 spiro atoms. The average Bonchev–Trinajstić information content (AvgIpc) is 3.13. The first kappa shape index (κ1) is 9.84. The molecule has 16 heavy (non-hydrogen) atoms. The molecule has 0 radical (unpaired) electrons. The molecule has 1 saturated carbocycles. The van der Waals surface area contributed by atoms with Crippen LogP contribution in [0.1, 0.15) is 12.8 Å². The van der Waals surface area contributed by atoms with Gasteiger partial charge in [-0.2, -0.15) is 0 Å². The Bertz CT molecular complexity index is 418. The van der Waals surface area contributed by atoms with Gasteiger partial charge in [0.2, 0.25) is 0 Å². The van der Waals surface area contributed by atoms with E-state index in [1.165, 1.54) is 19.2 Å². The number of rotatable bonds is 2. The van der Waals surface area contributed by atoms with Crippen LogP contribution < -0.4 is 10.5 Å². The van der Waals surface area contributed by atoms with Crippen LogP contribution in [0, 0.1) is 0 Å². The van der Waals surface area contributed by atoms with E-state index in [1.54, 1.807) is 6.07 Å². The minimum Gasteiger partial charge on any atom is -0.354 e. The molecule has 1 N–H and O–H groups in total. The highest BCUT2D eigenvalue weighted by Crippen LogP contribution is 2.27. The molecule has 2 aliphatic rings. The summed E-state index contributed by atoms with van der Waals surface area (Å²) in [6.07, 6.45) is 4.21. The maximum Gasteiger partial charge on any atom is 0.252 e. The highest BCUT2D eigenvalue weighted by atomic mass is 16.1. The lowest BCUT2D eigenvalue weighted by Crippen LogP contribution is -2.47. The third kappa shape index (κ3) is 1.95. The summed E-state index contributed by atoms with van der Waals surface area (Å²) < 4.78 is 0. The van der Waals surface area contributed by atoms with Crippen molar-refractivity contribution in [2.75, 3.05) is 31.1 Å². The van der Waals surface area contributed by atoms with Crippen molar-refractivity contribution in [3.63, 3.8) is 0 Å². The van der Waals surface area contributed by atoms with Gasteiger partial charge in [-0.3, -0.25) is 9.69 Å². The number of H-pyrrole nitrogens is 1. The Balaban J connectivity index is 1.66. The van der Waals surface area contributed by atoms with Gasteiger partial charge in [-0.05, 0) is 12.8 Å². The Labute approximate surface area is 94.1 Å². The molecule has 0 unspecified atom stereocenters. The maximum absolute atomic E-state index is 11.2. The van der Waals surface area contributed by atoms with Crippen molar-refractivity contribution < 1.29 is 0 Å². The zero-order chi connectivity index (χ0) is 11.0. The first-order valence-corrected chi connectivity index (χ1v) is 5.87. The van der Waals surface area contributed by atoms with Crippen LogP contribution in [-0.2, 0) is 0 Å². The summed E-state index contributed by atoms with van der Waals surface area (Å²) in [7, 11) is 0. The molecule has 1 aliphatic carbocycles. The molecule has 1 aromatic rings. The number of nitrogens with one attached hydrogen (secondary N) is 1. The number of nitrogens with zero attached hydrogens (tertiary/aromatic N) is 3. The summed E-state index contributed by atoms with van der Waals surface area (Å²) in [6.45, 7) is 4.15. The summed E-state index contributed by atoms with van der Waals surface area (Å²) in [5, 5.41) is 0. The Morgan fingerprint density at radius 2 is 2.00 bits per heavy atom. The van der Waals surface area contributed by atoms with Crippen molar-refractivity contribution in [2.24, 2.45) is 0 Å². The van der Waals surface area contributed by atoms with Crippen LogP contribution in [0.25, 0.3) is 0 Å². The van der Waals surface area contributed by atoms with Gasteiger partial charge in [0.05, 0.1) is 6.33 Å². The molecule has 3 rings (SSSR count). The molecule has 0 aromatic carbocycles. The molecule has 0 bridgehead atoms. The standard InChI is InChI=1S/C11H16N4O/c16-11-7-10(12-8-13-11)15-5-3-14(4-6-15)9-1-2-9/h7-9H,1-6H2,(H,12,13,16). The zero-order valence-corrected chi connectivity index (χ0v) is 9.22. The number of aromatic amines is 1. The third-order valence-corrected chi connectivity index (χ3v) is 3.37. The van der Waals surface area contributed by atoms with Gasteiger partial charge in [-0.1, -0.05) is 0 Å². The lowest BCUT2D eigenvalue weighted by Gasteiger charge is -2.35. The average molecular weight is 220 g/mol. The van der Waals surface area contributed by atoms with Gasteiger partial charge in [-0.15, -0.1) is 0 Å². The Hall–Kier alpha value is -1.36. The van der Waals surface area contributed by atoms with Crippen LogP contribution in [0.5, 0.6) is 0 Å². The van der Waals surface area contributed by atoms with Gasteiger partial charge >= 0.3 is 0 Å². The number of hydrogen-bond acceptors (Lipinski definition) is 4. The second-order valence-electron chi connectivity index (χ2n) is 4.52. The monoisotopic (exact) mass is 220 g/mol. The second kappa shape index (κ2) is 3.90. The van der Waals surface area contributed by atoms with Crippen molar-refractivity contribution in [1.29, 1.82) is 0 Å². The van der Waals surface area contributed by atoms with Gasteiger partial charge in [0.1, 0.15) is 5.82 Å². The number of aromatic nitrogens is 2. The summed E-state index contributed by atoms with van der Waals surface area (Å²) in [4.78, 5) is 22.7. The Kier molecular flexibility index (Phi) is 2.40. The van der Waals surface area contributed by atoms with Crippen LogP contribution >= 0.6 is 0 Å².